The molecule has 0 bridgehead atoms. The van der Waals surface area contributed by atoms with Crippen LogP contribution in [0.1, 0.15) is 26.3 Å². The lowest BCUT2D eigenvalue weighted by atomic mass is 9.84. The van der Waals surface area contributed by atoms with Crippen LogP contribution in [0.3, 0.4) is 0 Å². The quantitative estimate of drug-likeness (QED) is 0.141. The number of halogens is 2. The van der Waals surface area contributed by atoms with Crippen molar-refractivity contribution in [2.24, 2.45) is 0 Å². The van der Waals surface area contributed by atoms with E-state index in [0.717, 1.165) is 88.7 Å². The number of benzene rings is 10. The van der Waals surface area contributed by atoms with Gasteiger partial charge in [0.05, 0.1) is 11.4 Å². The Labute approximate surface area is 361 Å². The van der Waals surface area contributed by atoms with Gasteiger partial charge in [-0.2, -0.15) is 0 Å². The minimum atomic E-state index is -0.308. The molecule has 0 unspecified atom stereocenters. The highest BCUT2D eigenvalue weighted by atomic mass is 19.1. The summed E-state index contributed by atoms with van der Waals surface area (Å²) in [6, 6.07) is 71.1. The number of rotatable bonds is 8. The van der Waals surface area contributed by atoms with Crippen molar-refractivity contribution < 1.29 is 8.78 Å². The maximum atomic E-state index is 15.3. The Morgan fingerprint density at radius 1 is 0.306 bits per heavy atom. The van der Waals surface area contributed by atoms with E-state index in [9.17, 15) is 0 Å². The van der Waals surface area contributed by atoms with E-state index in [-0.39, 0.29) is 17.0 Å². The van der Waals surface area contributed by atoms with Crippen molar-refractivity contribution in [3.8, 4) is 22.3 Å². The summed E-state index contributed by atoms with van der Waals surface area (Å²) < 4.78 is 30.5. The highest BCUT2D eigenvalue weighted by Crippen LogP contribution is 2.48. The van der Waals surface area contributed by atoms with E-state index in [1.165, 1.54) is 17.7 Å². The summed E-state index contributed by atoms with van der Waals surface area (Å²) in [5.41, 5.74) is 10.6. The van der Waals surface area contributed by atoms with Crippen molar-refractivity contribution in [1.29, 1.82) is 0 Å². The molecule has 0 saturated heterocycles. The predicted molar refractivity (Wildman–Crippen MR) is 258 cm³/mol. The molecule has 4 heteroatoms. The van der Waals surface area contributed by atoms with E-state index < -0.39 is 0 Å². The van der Waals surface area contributed by atoms with Crippen LogP contribution in [0.25, 0.3) is 54.6 Å². The topological polar surface area (TPSA) is 6.48 Å². The molecule has 0 aliphatic carbocycles. The van der Waals surface area contributed by atoms with Gasteiger partial charge in [-0.15, -0.1) is 0 Å². The van der Waals surface area contributed by atoms with Gasteiger partial charge < -0.3 is 9.80 Å². The van der Waals surface area contributed by atoms with E-state index in [1.54, 1.807) is 24.3 Å². The summed E-state index contributed by atoms with van der Waals surface area (Å²) in [4.78, 5) is 4.34. The van der Waals surface area contributed by atoms with Crippen LogP contribution >= 0.6 is 0 Å². The minimum absolute atomic E-state index is 0.139. The van der Waals surface area contributed by atoms with E-state index in [4.69, 9.17) is 0 Å². The largest absolute Gasteiger partial charge is 0.310 e. The molecule has 0 amide bonds. The standard InChI is InChI=1S/C58H44F2N2/c1-58(2,3)43-28-33-52-53(34-43)55-38-56(61(48-20-12-18-44(59)35-48)46-29-24-41(25-30-46)39-14-6-4-7-15-39)51-23-11-10-22-50(51)54(55)37-57(52)62(49-21-13-19-45(60)36-49)47-31-26-42(27-32-47)40-16-8-5-9-17-40/h4-38H,1-3H3. The van der Waals surface area contributed by atoms with Crippen molar-refractivity contribution in [1.82, 2.24) is 0 Å². The first-order chi connectivity index (χ1) is 30.2. The molecule has 300 valence electrons. The van der Waals surface area contributed by atoms with Gasteiger partial charge in [0, 0.05) is 33.5 Å². The molecule has 0 saturated carbocycles. The predicted octanol–water partition coefficient (Wildman–Crippen LogP) is 17.0. The molecule has 0 N–H and O–H groups in total. The Hall–Kier alpha value is -7.56. The normalized spacial score (nSPS) is 11.6. The molecule has 62 heavy (non-hydrogen) atoms. The van der Waals surface area contributed by atoms with Crippen LogP contribution in [0, 0.1) is 11.6 Å². The van der Waals surface area contributed by atoms with Crippen molar-refractivity contribution in [2.75, 3.05) is 9.80 Å². The second kappa shape index (κ2) is 15.8. The zero-order chi connectivity index (χ0) is 42.4. The van der Waals surface area contributed by atoms with Gasteiger partial charge in [0.15, 0.2) is 0 Å². The third kappa shape index (κ3) is 7.24. The Morgan fingerprint density at radius 3 is 1.18 bits per heavy atom. The highest BCUT2D eigenvalue weighted by molar-refractivity contribution is 6.24. The van der Waals surface area contributed by atoms with Crippen LogP contribution in [-0.4, -0.2) is 0 Å². The zero-order valence-electron chi connectivity index (χ0n) is 34.9. The van der Waals surface area contributed by atoms with Crippen molar-refractivity contribution in [3.05, 3.63) is 230 Å². The fourth-order valence-corrected chi connectivity index (χ4v) is 8.75. The van der Waals surface area contributed by atoms with Crippen LogP contribution in [0.5, 0.6) is 0 Å². The fourth-order valence-electron chi connectivity index (χ4n) is 8.75. The van der Waals surface area contributed by atoms with E-state index in [1.807, 2.05) is 48.5 Å². The van der Waals surface area contributed by atoms with Crippen LogP contribution in [0.4, 0.5) is 42.9 Å². The van der Waals surface area contributed by atoms with Crippen molar-refractivity contribution >= 4 is 66.4 Å². The third-order valence-electron chi connectivity index (χ3n) is 11.9. The average Bonchev–Trinajstić information content (AvgIpc) is 3.30. The molecule has 0 atom stereocenters. The third-order valence-corrected chi connectivity index (χ3v) is 11.9. The van der Waals surface area contributed by atoms with Gasteiger partial charge >= 0.3 is 0 Å². The maximum Gasteiger partial charge on any atom is 0.125 e. The molecule has 0 fully saturated rings. The Kier molecular flexibility index (Phi) is 9.84. The van der Waals surface area contributed by atoms with Gasteiger partial charge in [-0.1, -0.05) is 154 Å². The number of hydrogen-bond acceptors (Lipinski definition) is 2. The number of fused-ring (bicyclic) bond motifs is 5. The summed E-state index contributed by atoms with van der Waals surface area (Å²) in [5.74, 6) is -0.615. The smallest absolute Gasteiger partial charge is 0.125 e. The first-order valence-electron chi connectivity index (χ1n) is 21.0. The zero-order valence-corrected chi connectivity index (χ0v) is 34.9. The van der Waals surface area contributed by atoms with Gasteiger partial charge in [0.25, 0.3) is 0 Å². The average molecular weight is 807 g/mol. The van der Waals surface area contributed by atoms with Crippen LogP contribution in [0.2, 0.25) is 0 Å². The monoisotopic (exact) mass is 806 g/mol. The molecule has 0 aromatic heterocycles. The maximum absolute atomic E-state index is 15.3. The summed E-state index contributed by atoms with van der Waals surface area (Å²) >= 11 is 0. The van der Waals surface area contributed by atoms with Crippen molar-refractivity contribution in [2.45, 2.75) is 26.2 Å². The van der Waals surface area contributed by atoms with Crippen LogP contribution in [-0.2, 0) is 5.41 Å². The molecular weight excluding hydrogens is 763 g/mol. The van der Waals surface area contributed by atoms with Gasteiger partial charge in [0.1, 0.15) is 11.6 Å². The lowest BCUT2D eigenvalue weighted by Gasteiger charge is -2.30. The molecule has 0 spiro atoms. The first-order valence-corrected chi connectivity index (χ1v) is 21.0. The molecule has 0 heterocycles. The molecular formula is C58H44F2N2. The second-order valence-electron chi connectivity index (χ2n) is 16.9. The molecule has 10 aromatic rings. The Morgan fingerprint density at radius 2 is 0.710 bits per heavy atom. The number of nitrogens with zero attached hydrogens (tertiary/aromatic N) is 2. The lowest BCUT2D eigenvalue weighted by Crippen LogP contribution is -2.13. The van der Waals surface area contributed by atoms with Crippen molar-refractivity contribution in [3.63, 3.8) is 0 Å². The summed E-state index contributed by atoms with van der Waals surface area (Å²) in [6.07, 6.45) is 0. The van der Waals surface area contributed by atoms with Crippen LogP contribution in [0.15, 0.2) is 212 Å². The summed E-state index contributed by atoms with van der Waals surface area (Å²) in [5, 5.41) is 6.26. The van der Waals surface area contributed by atoms with E-state index >= 15 is 8.78 Å². The summed E-state index contributed by atoms with van der Waals surface area (Å²) in [7, 11) is 0. The molecule has 10 rings (SSSR count). The first kappa shape index (κ1) is 38.6. The number of anilines is 6. The number of hydrogen-bond donors (Lipinski definition) is 0. The summed E-state index contributed by atoms with van der Waals surface area (Å²) in [6.45, 7) is 6.71. The molecule has 0 aliphatic heterocycles. The van der Waals surface area contributed by atoms with Gasteiger partial charge in [-0.05, 0) is 134 Å². The van der Waals surface area contributed by atoms with Gasteiger partial charge in [-0.3, -0.25) is 0 Å². The fraction of sp³-hybridized carbons (Fsp3) is 0.0690. The molecule has 10 aromatic carbocycles. The molecule has 2 nitrogen and oxygen atoms in total. The van der Waals surface area contributed by atoms with E-state index in [2.05, 4.69) is 158 Å². The Balaban J connectivity index is 1.26. The lowest BCUT2D eigenvalue weighted by molar-refractivity contribution is 0.591. The Bertz CT molecular complexity index is 3230. The van der Waals surface area contributed by atoms with Crippen LogP contribution < -0.4 is 9.80 Å². The van der Waals surface area contributed by atoms with Gasteiger partial charge in [0.2, 0.25) is 0 Å². The molecule has 0 aliphatic rings. The SMILES string of the molecule is CC(C)(C)c1ccc2c(N(c3ccc(-c4ccccc4)cc3)c3cccc(F)c3)cc3c4ccccc4c(N(c4ccc(-c5ccccc5)cc4)c4cccc(F)c4)cc3c2c1. The minimum Gasteiger partial charge on any atom is -0.310 e. The molecule has 0 radical (unpaired) electrons. The highest BCUT2D eigenvalue weighted by Gasteiger charge is 2.24. The van der Waals surface area contributed by atoms with Gasteiger partial charge in [-0.25, -0.2) is 8.78 Å². The second-order valence-corrected chi connectivity index (χ2v) is 16.9. The van der Waals surface area contributed by atoms with E-state index in [0.29, 0.717) is 0 Å².